The molecule has 1 aliphatic rings. The van der Waals surface area contributed by atoms with Gasteiger partial charge in [0.15, 0.2) is 0 Å². The van der Waals surface area contributed by atoms with Crippen molar-refractivity contribution in [2.75, 3.05) is 31.7 Å². The van der Waals surface area contributed by atoms with Gasteiger partial charge >= 0.3 is 0 Å². The Morgan fingerprint density at radius 1 is 1.50 bits per heavy atom. The number of hydrogen-bond acceptors (Lipinski definition) is 5. The predicted octanol–water partition coefficient (Wildman–Crippen LogP) is 2.33. The van der Waals surface area contributed by atoms with Crippen molar-refractivity contribution in [3.8, 4) is 6.07 Å². The largest absolute Gasteiger partial charge is 0.384 e. The Bertz CT molecular complexity index is 531. The first-order chi connectivity index (χ1) is 9.65. The van der Waals surface area contributed by atoms with Crippen LogP contribution >= 0.6 is 0 Å². The van der Waals surface area contributed by atoms with E-state index >= 15 is 0 Å². The van der Waals surface area contributed by atoms with Crippen LogP contribution in [0.15, 0.2) is 18.2 Å². The summed E-state index contributed by atoms with van der Waals surface area (Å²) in [6, 6.07) is 6.63. The molecule has 0 spiro atoms. The molecule has 1 fully saturated rings. The van der Waals surface area contributed by atoms with Crippen molar-refractivity contribution in [2.45, 2.75) is 12.8 Å². The highest BCUT2D eigenvalue weighted by molar-refractivity contribution is 5.60. The second-order valence-corrected chi connectivity index (χ2v) is 4.96. The van der Waals surface area contributed by atoms with Crippen molar-refractivity contribution in [1.82, 2.24) is 0 Å². The standard InChI is InChI=1S/C14H17N3O3/c1-20-10-11-4-6-16(7-5-11)13-2-3-14(17(18)19)12(8-13)9-15/h2-3,8,11H,4-7,10H2,1H3. The lowest BCUT2D eigenvalue weighted by molar-refractivity contribution is -0.385. The maximum Gasteiger partial charge on any atom is 0.287 e. The number of nitrogens with zero attached hydrogens (tertiary/aromatic N) is 3. The lowest BCUT2D eigenvalue weighted by atomic mass is 9.97. The molecule has 0 N–H and O–H groups in total. The molecular formula is C14H17N3O3. The second-order valence-electron chi connectivity index (χ2n) is 4.96. The molecule has 0 radical (unpaired) electrons. The van der Waals surface area contributed by atoms with Gasteiger partial charge in [-0.05, 0) is 30.9 Å². The van der Waals surface area contributed by atoms with Crippen molar-refractivity contribution in [2.24, 2.45) is 5.92 Å². The molecule has 2 rings (SSSR count). The molecule has 6 heteroatoms. The number of hydrogen-bond donors (Lipinski definition) is 0. The number of piperidine rings is 1. The van der Waals surface area contributed by atoms with Crippen LogP contribution in [0.5, 0.6) is 0 Å². The minimum atomic E-state index is -0.521. The van der Waals surface area contributed by atoms with E-state index in [2.05, 4.69) is 4.90 Å². The second kappa shape index (κ2) is 6.35. The Morgan fingerprint density at radius 2 is 2.20 bits per heavy atom. The molecule has 0 amide bonds. The molecule has 1 aromatic carbocycles. The average Bonchev–Trinajstić information content (AvgIpc) is 2.47. The zero-order valence-electron chi connectivity index (χ0n) is 11.4. The number of nitro benzene ring substituents is 1. The van der Waals surface area contributed by atoms with Crippen LogP contribution in [0.4, 0.5) is 11.4 Å². The molecule has 1 heterocycles. The first kappa shape index (κ1) is 14.3. The minimum Gasteiger partial charge on any atom is -0.384 e. The first-order valence-corrected chi connectivity index (χ1v) is 6.58. The normalized spacial score (nSPS) is 15.9. The van der Waals surface area contributed by atoms with E-state index in [1.165, 1.54) is 6.07 Å². The zero-order valence-corrected chi connectivity index (χ0v) is 11.4. The Hall–Kier alpha value is -2.13. The number of benzene rings is 1. The van der Waals surface area contributed by atoms with Gasteiger partial charge in [-0.15, -0.1) is 0 Å². The van der Waals surface area contributed by atoms with E-state index in [4.69, 9.17) is 10.00 Å². The predicted molar refractivity (Wildman–Crippen MR) is 74.6 cm³/mol. The molecule has 1 saturated heterocycles. The van der Waals surface area contributed by atoms with Crippen LogP contribution in [-0.4, -0.2) is 31.7 Å². The third kappa shape index (κ3) is 3.06. The van der Waals surface area contributed by atoms with Crippen LogP contribution in [0, 0.1) is 27.4 Å². The number of nitro groups is 1. The maximum absolute atomic E-state index is 10.8. The molecule has 0 aliphatic carbocycles. The van der Waals surface area contributed by atoms with Crippen molar-refractivity contribution in [3.63, 3.8) is 0 Å². The van der Waals surface area contributed by atoms with E-state index in [9.17, 15) is 10.1 Å². The Balaban J connectivity index is 2.11. The molecule has 0 bridgehead atoms. The average molecular weight is 275 g/mol. The van der Waals surface area contributed by atoms with Crippen molar-refractivity contribution in [1.29, 1.82) is 5.26 Å². The third-order valence-corrected chi connectivity index (χ3v) is 3.68. The fourth-order valence-electron chi connectivity index (χ4n) is 2.56. The zero-order chi connectivity index (χ0) is 14.5. The minimum absolute atomic E-state index is 0.117. The summed E-state index contributed by atoms with van der Waals surface area (Å²) in [5.41, 5.74) is 0.861. The van der Waals surface area contributed by atoms with Crippen LogP contribution in [0.25, 0.3) is 0 Å². The molecular weight excluding hydrogens is 258 g/mol. The first-order valence-electron chi connectivity index (χ1n) is 6.58. The summed E-state index contributed by atoms with van der Waals surface area (Å²) in [6.45, 7) is 2.55. The van der Waals surface area contributed by atoms with Gasteiger partial charge in [-0.1, -0.05) is 0 Å². The van der Waals surface area contributed by atoms with E-state index in [1.54, 1.807) is 19.2 Å². The van der Waals surface area contributed by atoms with Gasteiger partial charge in [-0.3, -0.25) is 10.1 Å². The fraction of sp³-hybridized carbons (Fsp3) is 0.500. The topological polar surface area (TPSA) is 79.4 Å². The lowest BCUT2D eigenvalue weighted by Gasteiger charge is -2.33. The summed E-state index contributed by atoms with van der Waals surface area (Å²) in [4.78, 5) is 12.5. The molecule has 0 saturated carbocycles. The summed E-state index contributed by atoms with van der Waals surface area (Å²) < 4.78 is 5.16. The summed E-state index contributed by atoms with van der Waals surface area (Å²) in [7, 11) is 1.71. The van der Waals surface area contributed by atoms with Gasteiger partial charge in [0.25, 0.3) is 5.69 Å². The van der Waals surface area contributed by atoms with Crippen LogP contribution in [0.2, 0.25) is 0 Å². The Labute approximate surface area is 117 Å². The number of ether oxygens (including phenoxy) is 1. The Kier molecular flexibility index (Phi) is 4.53. The quantitative estimate of drug-likeness (QED) is 0.622. The van der Waals surface area contributed by atoms with Gasteiger partial charge in [-0.2, -0.15) is 5.26 Å². The van der Waals surface area contributed by atoms with Gasteiger partial charge < -0.3 is 9.64 Å². The highest BCUT2D eigenvalue weighted by Crippen LogP contribution is 2.28. The maximum atomic E-state index is 10.8. The number of rotatable bonds is 4. The summed E-state index contributed by atoms with van der Waals surface area (Å²) in [5, 5.41) is 19.8. The molecule has 0 aromatic heterocycles. The molecule has 106 valence electrons. The van der Waals surface area contributed by atoms with Crippen LogP contribution in [-0.2, 0) is 4.74 Å². The fourth-order valence-corrected chi connectivity index (χ4v) is 2.56. The number of nitriles is 1. The number of anilines is 1. The molecule has 6 nitrogen and oxygen atoms in total. The third-order valence-electron chi connectivity index (χ3n) is 3.68. The lowest BCUT2D eigenvalue weighted by Crippen LogP contribution is -2.35. The van der Waals surface area contributed by atoms with Crippen molar-refractivity contribution in [3.05, 3.63) is 33.9 Å². The van der Waals surface area contributed by atoms with E-state index in [1.807, 2.05) is 6.07 Å². The van der Waals surface area contributed by atoms with Crippen LogP contribution in [0.1, 0.15) is 18.4 Å². The SMILES string of the molecule is COCC1CCN(c2ccc([N+](=O)[O-])c(C#N)c2)CC1. The van der Waals surface area contributed by atoms with Crippen molar-refractivity contribution >= 4 is 11.4 Å². The summed E-state index contributed by atoms with van der Waals surface area (Å²) in [6.07, 6.45) is 2.07. The van der Waals surface area contributed by atoms with Gasteiger partial charge in [0.2, 0.25) is 0 Å². The van der Waals surface area contributed by atoms with Gasteiger partial charge in [-0.25, -0.2) is 0 Å². The van der Waals surface area contributed by atoms with E-state index in [0.717, 1.165) is 38.2 Å². The summed E-state index contributed by atoms with van der Waals surface area (Å²) in [5.74, 6) is 0.574. The van der Waals surface area contributed by atoms with E-state index < -0.39 is 4.92 Å². The number of methoxy groups -OCH3 is 1. The van der Waals surface area contributed by atoms with Crippen LogP contribution < -0.4 is 4.90 Å². The highest BCUT2D eigenvalue weighted by atomic mass is 16.6. The van der Waals surface area contributed by atoms with E-state index in [0.29, 0.717) is 5.92 Å². The smallest absolute Gasteiger partial charge is 0.287 e. The molecule has 1 aromatic rings. The van der Waals surface area contributed by atoms with Crippen molar-refractivity contribution < 1.29 is 9.66 Å². The highest BCUT2D eigenvalue weighted by Gasteiger charge is 2.21. The van der Waals surface area contributed by atoms with Crippen LogP contribution in [0.3, 0.4) is 0 Å². The Morgan fingerprint density at radius 3 is 2.75 bits per heavy atom. The van der Waals surface area contributed by atoms with Gasteiger partial charge in [0, 0.05) is 38.6 Å². The van der Waals surface area contributed by atoms with Gasteiger partial charge in [0.05, 0.1) is 4.92 Å². The molecule has 1 aliphatic heterocycles. The van der Waals surface area contributed by atoms with E-state index in [-0.39, 0.29) is 11.3 Å². The summed E-state index contributed by atoms with van der Waals surface area (Å²) >= 11 is 0. The molecule has 20 heavy (non-hydrogen) atoms. The monoisotopic (exact) mass is 275 g/mol. The molecule has 0 atom stereocenters. The van der Waals surface area contributed by atoms with Gasteiger partial charge in [0.1, 0.15) is 11.6 Å². The molecule has 0 unspecified atom stereocenters.